The molecule has 0 aromatic carbocycles. The highest BCUT2D eigenvalue weighted by atomic mass is 19.5. The fourth-order valence-electron chi connectivity index (χ4n) is 4.11. The second kappa shape index (κ2) is 15.6. The lowest BCUT2D eigenvalue weighted by atomic mass is 9.79. The monoisotopic (exact) mass is 1130 g/mol. The van der Waals surface area contributed by atoms with Crippen molar-refractivity contribution in [2.24, 2.45) is 0 Å². The smallest absolute Gasteiger partial charge is 0.460 e. The molecule has 0 amide bonds. The van der Waals surface area contributed by atoms with Crippen molar-refractivity contribution in [3.8, 4) is 0 Å². The van der Waals surface area contributed by atoms with Crippen molar-refractivity contribution in [2.75, 3.05) is 0 Å². The third-order valence-electron chi connectivity index (χ3n) is 8.00. The molecule has 0 aromatic rings. The molecule has 2 nitrogen and oxygen atoms in total. The highest BCUT2D eigenvalue weighted by molar-refractivity contribution is 5.90. The molecule has 0 saturated carbocycles. The second-order valence-corrected chi connectivity index (χ2v) is 12.3. The zero-order valence-electron chi connectivity index (χ0n) is 28.6. The fourth-order valence-corrected chi connectivity index (χ4v) is 4.11. The first-order valence-corrected chi connectivity index (χ1v) is 14.1. The average Bonchev–Trinajstić information content (AvgIpc) is 3.07. The van der Waals surface area contributed by atoms with Crippen LogP contribution in [0.15, 0.2) is 11.1 Å². The summed E-state index contributed by atoms with van der Waals surface area (Å²) in [7, 11) is 0. The van der Waals surface area contributed by atoms with Gasteiger partial charge in [-0.1, -0.05) is 0 Å². The molecule has 0 aliphatic heterocycles. The van der Waals surface area contributed by atoms with E-state index in [0.29, 0.717) is 0 Å². The van der Waals surface area contributed by atoms with Crippen LogP contribution >= 0.6 is 0 Å². The number of carboxylic acid groups (broad SMARTS) is 1. The van der Waals surface area contributed by atoms with Gasteiger partial charge in [-0.05, 0) is 0 Å². The zero-order valence-corrected chi connectivity index (χ0v) is 28.6. The molecule has 0 aliphatic carbocycles. The summed E-state index contributed by atoms with van der Waals surface area (Å²) in [6.45, 7) is 0. The first-order chi connectivity index (χ1) is 28.4. The van der Waals surface area contributed by atoms with Gasteiger partial charge in [0.2, 0.25) is 0 Å². The maximum Gasteiger partial charge on any atom is 0.460 e. The number of hydrogen-bond donors (Lipinski definition) is 1. The normalized spacial score (nSPS) is 17.4. The average molecular weight is 1130 g/mol. The number of alkyl halides is 43. The van der Waals surface area contributed by atoms with Crippen molar-refractivity contribution in [2.45, 2.75) is 119 Å². The van der Waals surface area contributed by atoms with E-state index in [4.69, 9.17) is 5.11 Å². The van der Waals surface area contributed by atoms with E-state index in [1.54, 1.807) is 0 Å². The molecule has 0 aromatic heterocycles. The van der Waals surface area contributed by atoms with E-state index in [1.165, 1.54) is 0 Å². The summed E-state index contributed by atoms with van der Waals surface area (Å²) in [6.07, 6.45) is -26.0. The predicted octanol–water partition coefficient (Wildman–Crippen LogP) is 13.9. The Balaban J connectivity index is 8.87. The van der Waals surface area contributed by atoms with Gasteiger partial charge in [0, 0.05) is 0 Å². The van der Waals surface area contributed by atoms with Gasteiger partial charge in [-0.3, -0.25) is 0 Å². The van der Waals surface area contributed by atoms with E-state index in [2.05, 4.69) is 0 Å². The van der Waals surface area contributed by atoms with Crippen LogP contribution in [0.3, 0.4) is 0 Å². The van der Waals surface area contributed by atoms with E-state index in [-0.39, 0.29) is 0 Å². The minimum atomic E-state index is -10.8. The van der Waals surface area contributed by atoms with Crippen molar-refractivity contribution >= 4 is 5.97 Å². The summed E-state index contributed by atoms with van der Waals surface area (Å²) in [5.41, 5.74) is -14.0. The maximum atomic E-state index is 14.8. The third-order valence-corrected chi connectivity index (χ3v) is 8.00. The Kier molecular flexibility index (Phi) is 14.7. The van der Waals surface area contributed by atoms with Crippen LogP contribution in [-0.2, 0) is 4.79 Å². The SMILES string of the molecule is O=C(O)C(=C(C(F)(F)C(F)(F)C(F)(F)C(F)(F)C(F)(F)C(F)(F)C(F)(F)C(F)(F)F)C(F)(F)C(F)(F)C(F)(F)C(F)(F)C(F)(F)C(F)(F)C(F)(F)C(F)(F)C(F)(F)C(F)(F)C(F)(F)F)C(F)(F)F. The molecule has 0 rings (SSSR count). The number of halogens is 43. The summed E-state index contributed by atoms with van der Waals surface area (Å²) < 4.78 is 587. The van der Waals surface area contributed by atoms with Crippen LogP contribution in [0.4, 0.5) is 189 Å². The fraction of sp³-hybridized carbons (Fsp3) is 0.870. The first-order valence-electron chi connectivity index (χ1n) is 14.1. The van der Waals surface area contributed by atoms with Gasteiger partial charge in [0.25, 0.3) is 0 Å². The summed E-state index contributed by atoms with van der Waals surface area (Å²) in [4.78, 5) is 10.9. The van der Waals surface area contributed by atoms with Gasteiger partial charge in [-0.25, -0.2) is 4.79 Å². The predicted molar refractivity (Wildman–Crippen MR) is 117 cm³/mol. The van der Waals surface area contributed by atoms with Crippen molar-refractivity contribution in [1.29, 1.82) is 0 Å². The summed E-state index contributed by atoms with van der Waals surface area (Å²) in [5.74, 6) is -179. The Morgan fingerprint density at radius 2 is 0.353 bits per heavy atom. The second-order valence-electron chi connectivity index (χ2n) is 12.3. The van der Waals surface area contributed by atoms with Crippen LogP contribution in [-0.4, -0.2) is 130 Å². The molecule has 45 heteroatoms. The van der Waals surface area contributed by atoms with Gasteiger partial charge >= 0.3 is 125 Å². The van der Waals surface area contributed by atoms with Gasteiger partial charge in [0.05, 0.1) is 5.57 Å². The lowest BCUT2D eigenvalue weighted by molar-refractivity contribution is -0.478. The molecule has 0 spiro atoms. The molecular formula is C23HF43O2. The molecule has 0 saturated heterocycles. The van der Waals surface area contributed by atoms with Crippen molar-refractivity contribution in [1.82, 2.24) is 0 Å². The molecule has 1 N–H and O–H groups in total. The highest BCUT2D eigenvalue weighted by Crippen LogP contribution is 2.70. The Bertz CT molecular complexity index is 1910. The lowest BCUT2D eigenvalue weighted by Gasteiger charge is -2.46. The number of rotatable bonds is 18. The van der Waals surface area contributed by atoms with Gasteiger partial charge in [-0.15, -0.1) is 0 Å². The molecular weight excluding hydrogens is 1130 g/mol. The summed E-state index contributed by atoms with van der Waals surface area (Å²) >= 11 is 0. The van der Waals surface area contributed by atoms with Crippen molar-refractivity contribution in [3.05, 3.63) is 11.1 Å². The standard InChI is InChI=1S/C23HF43O2/c24-4(25,7(31,32)9(35,36)11(39,40)13(43,44)14(45,46)15(47,48)17(51,52)19(55,56)21(59,60)23(64,65)66)2(1(3(67)68)6(28,29)30)5(26,27)8(33,34)10(37,38)12(41,42)16(49,50)18(53,54)20(57,58)22(61,62)63/h(H,67,68). The summed E-state index contributed by atoms with van der Waals surface area (Å²) in [5, 5.41) is 8.27. The molecule has 0 fully saturated rings. The Hall–Kier alpha value is -3.80. The van der Waals surface area contributed by atoms with Crippen LogP contribution < -0.4 is 0 Å². The third kappa shape index (κ3) is 7.59. The number of aliphatic carboxylic acids is 1. The van der Waals surface area contributed by atoms with Crippen LogP contribution in [0.5, 0.6) is 0 Å². The van der Waals surface area contributed by atoms with Crippen LogP contribution in [0.25, 0.3) is 0 Å². The Morgan fingerprint density at radius 1 is 0.221 bits per heavy atom. The van der Waals surface area contributed by atoms with Gasteiger partial charge in [-0.2, -0.15) is 189 Å². The number of hydrogen-bond acceptors (Lipinski definition) is 1. The van der Waals surface area contributed by atoms with Gasteiger partial charge in [0.15, 0.2) is 5.57 Å². The van der Waals surface area contributed by atoms with E-state index < -0.39 is 136 Å². The first kappa shape index (κ1) is 64.2. The molecule has 406 valence electrons. The van der Waals surface area contributed by atoms with E-state index in [9.17, 15) is 194 Å². The van der Waals surface area contributed by atoms with E-state index >= 15 is 0 Å². The Morgan fingerprint density at radius 3 is 0.471 bits per heavy atom. The van der Waals surface area contributed by atoms with Crippen molar-refractivity contribution < 1.29 is 199 Å². The molecule has 0 atom stereocenters. The summed E-state index contributed by atoms with van der Waals surface area (Å²) in [6, 6.07) is 0. The molecule has 0 heterocycles. The van der Waals surface area contributed by atoms with Crippen LogP contribution in [0.1, 0.15) is 0 Å². The largest absolute Gasteiger partial charge is 0.478 e. The van der Waals surface area contributed by atoms with Crippen LogP contribution in [0, 0.1) is 0 Å². The van der Waals surface area contributed by atoms with Gasteiger partial charge < -0.3 is 5.11 Å². The molecule has 68 heavy (non-hydrogen) atoms. The zero-order chi connectivity index (χ0) is 56.7. The number of allylic oxidation sites excluding steroid dienone is 1. The maximum absolute atomic E-state index is 14.8. The number of carboxylic acids is 1. The molecule has 0 bridgehead atoms. The van der Waals surface area contributed by atoms with Crippen molar-refractivity contribution in [3.63, 3.8) is 0 Å². The quantitative estimate of drug-likeness (QED) is 0.110. The van der Waals surface area contributed by atoms with Gasteiger partial charge in [0.1, 0.15) is 0 Å². The van der Waals surface area contributed by atoms with E-state index in [1.807, 2.05) is 0 Å². The highest BCUT2D eigenvalue weighted by Gasteiger charge is 3.01. The minimum Gasteiger partial charge on any atom is -0.478 e. The molecule has 0 aliphatic rings. The Labute approximate surface area is 336 Å². The molecule has 0 radical (unpaired) electrons. The topological polar surface area (TPSA) is 37.3 Å². The van der Waals surface area contributed by atoms with Crippen LogP contribution in [0.2, 0.25) is 0 Å². The lowest BCUT2D eigenvalue weighted by Crippen LogP contribution is -2.78. The number of carbonyl (C=O) groups is 1. The van der Waals surface area contributed by atoms with E-state index in [0.717, 1.165) is 0 Å². The molecule has 0 unspecified atom stereocenters. The minimum absolute atomic E-state index is 5.57.